The molecular weight excluding hydrogens is 388 g/mol. The highest BCUT2D eigenvalue weighted by atomic mass is 16.2. The molecule has 3 aromatic rings. The number of nitrogens with one attached hydrogen (secondary N) is 1. The normalized spacial score (nSPS) is 14.7. The molecule has 0 radical (unpaired) electrons. The van der Waals surface area contributed by atoms with Crippen LogP contribution in [0.3, 0.4) is 0 Å². The summed E-state index contributed by atoms with van der Waals surface area (Å²) in [5.74, 6) is 0.307. The van der Waals surface area contributed by atoms with Crippen LogP contribution in [-0.2, 0) is 22.7 Å². The summed E-state index contributed by atoms with van der Waals surface area (Å²) in [7, 11) is 0. The SMILES string of the molecule is CCCC(=O)N1CCC(C(=O)NCc2ccc(Cn3cnc4ccccc43)cc2)CC1. The summed E-state index contributed by atoms with van der Waals surface area (Å²) < 4.78 is 2.14. The fourth-order valence-electron chi connectivity index (χ4n) is 4.19. The van der Waals surface area contributed by atoms with Crippen molar-refractivity contribution in [2.24, 2.45) is 5.92 Å². The van der Waals surface area contributed by atoms with Gasteiger partial charge in [-0.3, -0.25) is 9.59 Å². The van der Waals surface area contributed by atoms with Gasteiger partial charge in [0.25, 0.3) is 0 Å². The smallest absolute Gasteiger partial charge is 0.223 e. The molecule has 162 valence electrons. The lowest BCUT2D eigenvalue weighted by molar-refractivity contribution is -0.135. The summed E-state index contributed by atoms with van der Waals surface area (Å²) in [6.45, 7) is 4.69. The fourth-order valence-corrected chi connectivity index (χ4v) is 4.19. The monoisotopic (exact) mass is 418 g/mol. The van der Waals surface area contributed by atoms with Crippen molar-refractivity contribution in [3.05, 3.63) is 66.0 Å². The third-order valence-corrected chi connectivity index (χ3v) is 6.05. The number of carbonyl (C=O) groups excluding carboxylic acids is 2. The van der Waals surface area contributed by atoms with E-state index in [0.717, 1.165) is 42.4 Å². The maximum absolute atomic E-state index is 12.6. The van der Waals surface area contributed by atoms with E-state index in [2.05, 4.69) is 45.2 Å². The lowest BCUT2D eigenvalue weighted by atomic mass is 9.95. The number of benzene rings is 2. The van der Waals surface area contributed by atoms with Crippen LogP contribution < -0.4 is 5.32 Å². The van der Waals surface area contributed by atoms with E-state index < -0.39 is 0 Å². The van der Waals surface area contributed by atoms with Crippen molar-refractivity contribution in [3.8, 4) is 0 Å². The van der Waals surface area contributed by atoms with Crippen LogP contribution in [0.4, 0.5) is 0 Å². The number of nitrogens with zero attached hydrogens (tertiary/aromatic N) is 3. The highest BCUT2D eigenvalue weighted by Gasteiger charge is 2.26. The molecule has 0 atom stereocenters. The van der Waals surface area contributed by atoms with Gasteiger partial charge in [-0.25, -0.2) is 4.98 Å². The Morgan fingerprint density at radius 3 is 2.48 bits per heavy atom. The molecular formula is C25H30N4O2. The van der Waals surface area contributed by atoms with Crippen LogP contribution in [0.2, 0.25) is 0 Å². The molecule has 0 spiro atoms. The van der Waals surface area contributed by atoms with Gasteiger partial charge in [0.2, 0.25) is 11.8 Å². The molecule has 2 amide bonds. The lowest BCUT2D eigenvalue weighted by Crippen LogP contribution is -2.42. The molecule has 1 N–H and O–H groups in total. The van der Waals surface area contributed by atoms with E-state index in [4.69, 9.17) is 0 Å². The summed E-state index contributed by atoms with van der Waals surface area (Å²) in [6.07, 6.45) is 4.85. The molecule has 1 aliphatic heterocycles. The Morgan fingerprint density at radius 2 is 1.74 bits per heavy atom. The minimum absolute atomic E-state index is 0.000489. The van der Waals surface area contributed by atoms with Crippen LogP contribution in [0.15, 0.2) is 54.9 Å². The first-order valence-corrected chi connectivity index (χ1v) is 11.2. The second-order valence-electron chi connectivity index (χ2n) is 8.30. The zero-order valence-electron chi connectivity index (χ0n) is 18.1. The van der Waals surface area contributed by atoms with Crippen molar-refractivity contribution in [1.82, 2.24) is 19.8 Å². The molecule has 2 aromatic carbocycles. The first kappa shape index (κ1) is 21.1. The number of fused-ring (bicyclic) bond motifs is 1. The predicted octanol–water partition coefficient (Wildman–Crippen LogP) is 3.74. The largest absolute Gasteiger partial charge is 0.352 e. The molecule has 2 heterocycles. The third kappa shape index (κ3) is 5.13. The second-order valence-corrected chi connectivity index (χ2v) is 8.30. The van der Waals surface area contributed by atoms with Gasteiger partial charge in [0.15, 0.2) is 0 Å². The van der Waals surface area contributed by atoms with Gasteiger partial charge in [0, 0.05) is 38.5 Å². The van der Waals surface area contributed by atoms with E-state index in [1.165, 1.54) is 5.56 Å². The molecule has 4 rings (SSSR count). The average Bonchev–Trinajstić information content (AvgIpc) is 3.21. The van der Waals surface area contributed by atoms with Crippen molar-refractivity contribution in [3.63, 3.8) is 0 Å². The maximum atomic E-state index is 12.6. The lowest BCUT2D eigenvalue weighted by Gasteiger charge is -2.31. The van der Waals surface area contributed by atoms with E-state index >= 15 is 0 Å². The highest BCUT2D eigenvalue weighted by molar-refractivity contribution is 5.80. The third-order valence-electron chi connectivity index (χ3n) is 6.05. The number of hydrogen-bond donors (Lipinski definition) is 1. The molecule has 1 aromatic heterocycles. The zero-order valence-corrected chi connectivity index (χ0v) is 18.1. The molecule has 1 fully saturated rings. The van der Waals surface area contributed by atoms with Gasteiger partial charge < -0.3 is 14.8 Å². The first-order chi connectivity index (χ1) is 15.1. The van der Waals surface area contributed by atoms with Gasteiger partial charge in [-0.15, -0.1) is 0 Å². The van der Waals surface area contributed by atoms with Crippen LogP contribution in [-0.4, -0.2) is 39.4 Å². The van der Waals surface area contributed by atoms with E-state index in [-0.39, 0.29) is 17.7 Å². The topological polar surface area (TPSA) is 67.2 Å². The molecule has 1 aliphatic rings. The number of amides is 2. The molecule has 6 heteroatoms. The summed E-state index contributed by atoms with van der Waals surface area (Å²) in [5, 5.41) is 3.07. The van der Waals surface area contributed by atoms with Crippen molar-refractivity contribution < 1.29 is 9.59 Å². The summed E-state index contributed by atoms with van der Waals surface area (Å²) >= 11 is 0. The maximum Gasteiger partial charge on any atom is 0.223 e. The van der Waals surface area contributed by atoms with E-state index in [0.29, 0.717) is 26.1 Å². The summed E-state index contributed by atoms with van der Waals surface area (Å²) in [5.41, 5.74) is 4.41. The number of aromatic nitrogens is 2. The van der Waals surface area contributed by atoms with Crippen molar-refractivity contribution in [1.29, 1.82) is 0 Å². The van der Waals surface area contributed by atoms with E-state index in [9.17, 15) is 9.59 Å². The van der Waals surface area contributed by atoms with Gasteiger partial charge in [-0.2, -0.15) is 0 Å². The summed E-state index contributed by atoms with van der Waals surface area (Å²) in [4.78, 5) is 30.9. The van der Waals surface area contributed by atoms with Gasteiger partial charge >= 0.3 is 0 Å². The molecule has 0 saturated carbocycles. The molecule has 6 nitrogen and oxygen atoms in total. The zero-order chi connectivity index (χ0) is 21.6. The van der Waals surface area contributed by atoms with Crippen LogP contribution in [0, 0.1) is 5.92 Å². The Kier molecular flexibility index (Phi) is 6.65. The van der Waals surface area contributed by atoms with Crippen LogP contribution in [0.5, 0.6) is 0 Å². The van der Waals surface area contributed by atoms with Crippen molar-refractivity contribution >= 4 is 22.8 Å². The minimum atomic E-state index is -0.000489. The number of carbonyl (C=O) groups is 2. The van der Waals surface area contributed by atoms with Crippen molar-refractivity contribution in [2.75, 3.05) is 13.1 Å². The Bertz CT molecular complexity index is 1030. The van der Waals surface area contributed by atoms with Crippen LogP contribution >= 0.6 is 0 Å². The Hall–Kier alpha value is -3.15. The quantitative estimate of drug-likeness (QED) is 0.636. The minimum Gasteiger partial charge on any atom is -0.352 e. The highest BCUT2D eigenvalue weighted by Crippen LogP contribution is 2.19. The first-order valence-electron chi connectivity index (χ1n) is 11.2. The van der Waals surface area contributed by atoms with Gasteiger partial charge in [-0.1, -0.05) is 43.3 Å². The van der Waals surface area contributed by atoms with Gasteiger partial charge in [-0.05, 0) is 42.5 Å². The van der Waals surface area contributed by atoms with Crippen LogP contribution in [0.25, 0.3) is 11.0 Å². The van der Waals surface area contributed by atoms with Crippen molar-refractivity contribution in [2.45, 2.75) is 45.7 Å². The average molecular weight is 419 g/mol. The molecule has 0 unspecified atom stereocenters. The number of likely N-dealkylation sites (tertiary alicyclic amines) is 1. The Labute approximate surface area is 183 Å². The number of imidazole rings is 1. The molecule has 0 bridgehead atoms. The Balaban J connectivity index is 1.26. The van der Waals surface area contributed by atoms with Gasteiger partial charge in [0.1, 0.15) is 0 Å². The predicted molar refractivity (Wildman–Crippen MR) is 121 cm³/mol. The van der Waals surface area contributed by atoms with Crippen LogP contribution in [0.1, 0.15) is 43.7 Å². The molecule has 31 heavy (non-hydrogen) atoms. The van der Waals surface area contributed by atoms with E-state index in [1.807, 2.05) is 36.4 Å². The number of piperidine rings is 1. The fraction of sp³-hybridized carbons (Fsp3) is 0.400. The Morgan fingerprint density at radius 1 is 1.03 bits per heavy atom. The number of para-hydroxylation sites is 2. The van der Waals surface area contributed by atoms with Gasteiger partial charge in [0.05, 0.1) is 17.4 Å². The number of hydrogen-bond acceptors (Lipinski definition) is 3. The van der Waals surface area contributed by atoms with E-state index in [1.54, 1.807) is 0 Å². The summed E-state index contributed by atoms with van der Waals surface area (Å²) in [6, 6.07) is 16.5. The molecule has 0 aliphatic carbocycles. The standard InChI is InChI=1S/C25H30N4O2/c1-2-5-24(30)28-14-12-21(13-15-28)25(31)26-16-19-8-10-20(11-9-19)17-29-18-27-22-6-3-4-7-23(22)29/h3-4,6-11,18,21H,2,5,12-17H2,1H3,(H,26,31). The number of rotatable bonds is 7. The second kappa shape index (κ2) is 9.77. The molecule has 1 saturated heterocycles.